The van der Waals surface area contributed by atoms with Crippen LogP contribution in [0.1, 0.15) is 26.7 Å². The number of amides is 1. The number of carbonyl (C=O) groups excluding carboxylic acids is 2. The van der Waals surface area contributed by atoms with Crippen LogP contribution in [0.25, 0.3) is 0 Å². The zero-order valence-corrected chi connectivity index (χ0v) is 13.6. The highest BCUT2D eigenvalue weighted by atomic mass is 16.5. The van der Waals surface area contributed by atoms with Crippen LogP contribution in [0.3, 0.4) is 0 Å². The van der Waals surface area contributed by atoms with Gasteiger partial charge in [0.25, 0.3) is 0 Å². The minimum Gasteiger partial charge on any atom is -0.472 e. The molecule has 1 N–H and O–H groups in total. The third kappa shape index (κ3) is 3.88. The average molecular weight is 307 g/mol. The standard InChI is InChI=1S/C16H25N3O3/c1-4-19(5-2)11-15(21)17-9-8-16-18(3)13-7-6-12(20)10-14(13)22-16/h6-7,16H,4-5,8-11H2,1-3H3,(H,17,21). The van der Waals surface area contributed by atoms with Gasteiger partial charge in [-0.15, -0.1) is 0 Å². The Kier molecular flexibility index (Phi) is 5.60. The third-order valence-corrected chi connectivity index (χ3v) is 4.11. The predicted octanol–water partition coefficient (Wildman–Crippen LogP) is 0.863. The summed E-state index contributed by atoms with van der Waals surface area (Å²) in [5, 5.41) is 2.93. The first-order chi connectivity index (χ1) is 10.5. The normalized spacial score (nSPS) is 20.5. The van der Waals surface area contributed by atoms with Gasteiger partial charge in [-0.2, -0.15) is 0 Å². The molecule has 1 heterocycles. The first kappa shape index (κ1) is 16.5. The minimum atomic E-state index is -0.116. The van der Waals surface area contributed by atoms with E-state index in [9.17, 15) is 9.59 Å². The molecule has 2 rings (SSSR count). The van der Waals surface area contributed by atoms with Crippen LogP contribution in [-0.2, 0) is 14.3 Å². The van der Waals surface area contributed by atoms with Crippen LogP contribution in [0.15, 0.2) is 23.6 Å². The maximum atomic E-state index is 11.8. The minimum absolute atomic E-state index is 0.0390. The number of allylic oxidation sites excluding steroid dienone is 3. The predicted molar refractivity (Wildman–Crippen MR) is 83.8 cm³/mol. The van der Waals surface area contributed by atoms with Gasteiger partial charge < -0.3 is 15.0 Å². The smallest absolute Gasteiger partial charge is 0.234 e. The number of hydrogen-bond donors (Lipinski definition) is 1. The Balaban J connectivity index is 1.74. The largest absolute Gasteiger partial charge is 0.472 e. The van der Waals surface area contributed by atoms with Crippen molar-refractivity contribution in [3.8, 4) is 0 Å². The van der Waals surface area contributed by atoms with Gasteiger partial charge in [-0.05, 0) is 25.2 Å². The number of rotatable bonds is 7. The molecule has 0 radical (unpaired) electrons. The monoisotopic (exact) mass is 307 g/mol. The van der Waals surface area contributed by atoms with Crippen molar-refractivity contribution in [1.82, 2.24) is 15.1 Å². The van der Waals surface area contributed by atoms with Crippen molar-refractivity contribution in [2.45, 2.75) is 32.9 Å². The Morgan fingerprint density at radius 1 is 1.41 bits per heavy atom. The van der Waals surface area contributed by atoms with Gasteiger partial charge in [0, 0.05) is 20.0 Å². The number of carbonyl (C=O) groups is 2. The summed E-state index contributed by atoms with van der Waals surface area (Å²) in [5.74, 6) is 0.854. The summed E-state index contributed by atoms with van der Waals surface area (Å²) >= 11 is 0. The molecule has 1 atom stereocenters. The zero-order valence-electron chi connectivity index (χ0n) is 13.6. The fourth-order valence-corrected chi connectivity index (χ4v) is 2.68. The van der Waals surface area contributed by atoms with E-state index in [0.717, 1.165) is 24.5 Å². The molecule has 0 aromatic rings. The summed E-state index contributed by atoms with van der Waals surface area (Å²) in [4.78, 5) is 27.3. The van der Waals surface area contributed by atoms with Crippen LogP contribution >= 0.6 is 0 Å². The first-order valence-electron chi connectivity index (χ1n) is 7.87. The summed E-state index contributed by atoms with van der Waals surface area (Å²) in [6, 6.07) is 0. The highest BCUT2D eigenvalue weighted by molar-refractivity contribution is 5.93. The highest BCUT2D eigenvalue weighted by Gasteiger charge is 2.31. The molecular weight excluding hydrogens is 282 g/mol. The SMILES string of the molecule is CCN(CC)CC(=O)NCCC1OC2=C(C=CC(=O)C2)N1C. The van der Waals surface area contributed by atoms with Crippen LogP contribution in [-0.4, -0.2) is 60.9 Å². The second-order valence-corrected chi connectivity index (χ2v) is 5.57. The molecule has 0 spiro atoms. The number of ether oxygens (including phenoxy) is 1. The number of ketones is 1. The fraction of sp³-hybridized carbons (Fsp3) is 0.625. The number of hydrogen-bond acceptors (Lipinski definition) is 5. The fourth-order valence-electron chi connectivity index (χ4n) is 2.68. The van der Waals surface area contributed by atoms with E-state index in [4.69, 9.17) is 4.74 Å². The van der Waals surface area contributed by atoms with E-state index in [0.29, 0.717) is 25.9 Å². The van der Waals surface area contributed by atoms with E-state index in [1.807, 2.05) is 25.8 Å². The maximum Gasteiger partial charge on any atom is 0.234 e. The van der Waals surface area contributed by atoms with Crippen molar-refractivity contribution in [3.05, 3.63) is 23.6 Å². The van der Waals surface area contributed by atoms with Crippen molar-refractivity contribution < 1.29 is 14.3 Å². The van der Waals surface area contributed by atoms with E-state index >= 15 is 0 Å². The van der Waals surface area contributed by atoms with Gasteiger partial charge in [-0.1, -0.05) is 13.8 Å². The van der Waals surface area contributed by atoms with Crippen molar-refractivity contribution in [3.63, 3.8) is 0 Å². The Morgan fingerprint density at radius 3 is 2.82 bits per heavy atom. The van der Waals surface area contributed by atoms with E-state index in [1.165, 1.54) is 0 Å². The van der Waals surface area contributed by atoms with E-state index in [2.05, 4.69) is 10.2 Å². The number of nitrogens with one attached hydrogen (secondary N) is 1. The van der Waals surface area contributed by atoms with Crippen molar-refractivity contribution in [1.29, 1.82) is 0 Å². The van der Waals surface area contributed by atoms with Crippen LogP contribution in [0.5, 0.6) is 0 Å². The van der Waals surface area contributed by atoms with Gasteiger partial charge in [-0.25, -0.2) is 0 Å². The van der Waals surface area contributed by atoms with Gasteiger partial charge in [0.1, 0.15) is 5.76 Å². The van der Waals surface area contributed by atoms with Gasteiger partial charge in [0.05, 0.1) is 18.7 Å². The van der Waals surface area contributed by atoms with E-state index in [1.54, 1.807) is 12.2 Å². The number of nitrogens with zero attached hydrogens (tertiary/aromatic N) is 2. The average Bonchev–Trinajstić information content (AvgIpc) is 2.80. The molecule has 0 bridgehead atoms. The highest BCUT2D eigenvalue weighted by Crippen LogP contribution is 2.31. The van der Waals surface area contributed by atoms with Crippen LogP contribution < -0.4 is 5.32 Å². The topological polar surface area (TPSA) is 61.9 Å². The quantitative estimate of drug-likeness (QED) is 0.756. The summed E-state index contributed by atoms with van der Waals surface area (Å²) in [5.41, 5.74) is 0.971. The van der Waals surface area contributed by atoms with Crippen LogP contribution in [0, 0.1) is 0 Å². The molecule has 0 saturated carbocycles. The Morgan fingerprint density at radius 2 is 2.14 bits per heavy atom. The molecule has 6 heteroatoms. The Hall–Kier alpha value is -1.82. The van der Waals surface area contributed by atoms with Crippen molar-refractivity contribution in [2.75, 3.05) is 33.2 Å². The molecule has 22 heavy (non-hydrogen) atoms. The molecule has 1 amide bonds. The molecule has 0 aromatic carbocycles. The molecule has 1 aliphatic carbocycles. The van der Waals surface area contributed by atoms with E-state index < -0.39 is 0 Å². The van der Waals surface area contributed by atoms with Crippen molar-refractivity contribution in [2.24, 2.45) is 0 Å². The molecule has 1 unspecified atom stereocenters. The second-order valence-electron chi connectivity index (χ2n) is 5.57. The zero-order chi connectivity index (χ0) is 16.1. The van der Waals surface area contributed by atoms with Gasteiger partial charge >= 0.3 is 0 Å². The Bertz CT molecular complexity index is 495. The summed E-state index contributed by atoms with van der Waals surface area (Å²) in [7, 11) is 1.95. The molecule has 122 valence electrons. The third-order valence-electron chi connectivity index (χ3n) is 4.11. The van der Waals surface area contributed by atoms with Crippen LogP contribution in [0.4, 0.5) is 0 Å². The number of likely N-dealkylation sites (N-methyl/N-ethyl adjacent to an activating group) is 2. The van der Waals surface area contributed by atoms with Gasteiger partial charge in [-0.3, -0.25) is 14.5 Å². The van der Waals surface area contributed by atoms with Crippen molar-refractivity contribution >= 4 is 11.7 Å². The first-order valence-corrected chi connectivity index (χ1v) is 7.87. The van der Waals surface area contributed by atoms with Gasteiger partial charge in [0.15, 0.2) is 12.0 Å². The lowest BCUT2D eigenvalue weighted by Crippen LogP contribution is -2.39. The molecule has 0 fully saturated rings. The lowest BCUT2D eigenvalue weighted by atomic mass is 10.1. The molecule has 6 nitrogen and oxygen atoms in total. The molecular formula is C16H25N3O3. The molecule has 2 aliphatic rings. The van der Waals surface area contributed by atoms with Gasteiger partial charge in [0.2, 0.25) is 5.91 Å². The molecule has 0 aromatic heterocycles. The lowest BCUT2D eigenvalue weighted by Gasteiger charge is -2.22. The Labute approximate surface area is 131 Å². The summed E-state index contributed by atoms with van der Waals surface area (Å²) in [6.07, 6.45) is 4.30. The summed E-state index contributed by atoms with van der Waals surface area (Å²) < 4.78 is 5.83. The van der Waals surface area contributed by atoms with E-state index in [-0.39, 0.29) is 17.9 Å². The lowest BCUT2D eigenvalue weighted by molar-refractivity contribution is -0.122. The second kappa shape index (κ2) is 7.45. The molecule has 0 saturated heterocycles. The maximum absolute atomic E-state index is 11.8. The van der Waals surface area contributed by atoms with Crippen LogP contribution in [0.2, 0.25) is 0 Å². The molecule has 1 aliphatic heterocycles. The summed E-state index contributed by atoms with van der Waals surface area (Å²) in [6.45, 7) is 6.82.